The number of benzene rings is 2. The summed E-state index contributed by atoms with van der Waals surface area (Å²) in [7, 11) is 2.95. The Morgan fingerprint density at radius 3 is 2.17 bits per heavy atom. The lowest BCUT2D eigenvalue weighted by atomic mass is 10.1. The van der Waals surface area contributed by atoms with E-state index in [4.69, 9.17) is 26.1 Å². The first-order chi connectivity index (χ1) is 18.9. The van der Waals surface area contributed by atoms with E-state index >= 15 is 0 Å². The van der Waals surface area contributed by atoms with Crippen LogP contribution in [0, 0.1) is 38.6 Å². The topological polar surface area (TPSA) is 151 Å². The van der Waals surface area contributed by atoms with Crippen LogP contribution in [0.4, 0.5) is 0 Å². The van der Waals surface area contributed by atoms with E-state index in [-0.39, 0.29) is 25.0 Å². The van der Waals surface area contributed by atoms with Crippen molar-refractivity contribution in [3.63, 3.8) is 0 Å². The summed E-state index contributed by atoms with van der Waals surface area (Å²) in [6.45, 7) is 0. The minimum Gasteiger partial charge on any atom is -0.468 e. The normalized spacial score (nSPS) is 9.20. The van der Waals surface area contributed by atoms with Gasteiger partial charge in [0.1, 0.15) is 11.8 Å². The molecule has 1 N–H and O–H groups in total. The maximum atomic E-state index is 10.8. The van der Waals surface area contributed by atoms with Crippen molar-refractivity contribution in [2.45, 2.75) is 7.43 Å². The molecule has 0 unspecified atom stereocenters. The summed E-state index contributed by atoms with van der Waals surface area (Å²) in [5.41, 5.74) is 2.78. The average molecular weight is 646 g/mol. The van der Waals surface area contributed by atoms with Gasteiger partial charge in [-0.1, -0.05) is 37.6 Å². The molecule has 0 amide bonds. The summed E-state index contributed by atoms with van der Waals surface area (Å²) in [5.74, 6) is 3.02. The molecule has 0 aliphatic carbocycles. The van der Waals surface area contributed by atoms with E-state index in [2.05, 4.69) is 36.7 Å². The largest absolute Gasteiger partial charge is 0.468 e. The van der Waals surface area contributed by atoms with Crippen LogP contribution in [-0.2, 0) is 0 Å². The first-order valence-electron chi connectivity index (χ1n) is 11.0. The molecule has 0 saturated carbocycles. The Bertz CT molecular complexity index is 1740. The van der Waals surface area contributed by atoms with Crippen LogP contribution in [0.3, 0.4) is 0 Å². The van der Waals surface area contributed by atoms with Gasteiger partial charge in [0.2, 0.25) is 5.71 Å². The highest BCUT2D eigenvalue weighted by molar-refractivity contribution is 14.1. The monoisotopic (exact) mass is 646 g/mol. The SMILES string of the molecule is C.C#Cc1ccccc1C#N.COc1ncc(I)c(=O)[nH]1.COc1ncc2cc(-c3ccccc3C#N)oc2n1. The summed E-state index contributed by atoms with van der Waals surface area (Å²) in [6, 6.07) is 20.8. The molecule has 3 heterocycles. The minimum absolute atomic E-state index is 0. The van der Waals surface area contributed by atoms with Crippen LogP contribution in [-0.4, -0.2) is 34.2 Å². The molecule has 5 aromatic rings. The second kappa shape index (κ2) is 15.3. The number of aromatic amines is 1. The van der Waals surface area contributed by atoms with Gasteiger partial charge in [0.25, 0.3) is 11.6 Å². The lowest BCUT2D eigenvalue weighted by molar-refractivity contribution is 0.378. The molecule has 10 nitrogen and oxygen atoms in total. The van der Waals surface area contributed by atoms with Crippen molar-refractivity contribution in [1.82, 2.24) is 19.9 Å². The number of hydrogen-bond donors (Lipinski definition) is 1. The summed E-state index contributed by atoms with van der Waals surface area (Å²) >= 11 is 1.90. The number of H-pyrrole nitrogens is 1. The molecule has 0 fully saturated rings. The highest BCUT2D eigenvalue weighted by atomic mass is 127. The molecule has 3 aromatic heterocycles. The van der Waals surface area contributed by atoms with Crippen LogP contribution in [0.5, 0.6) is 12.0 Å². The highest BCUT2D eigenvalue weighted by Gasteiger charge is 2.12. The van der Waals surface area contributed by atoms with Crippen molar-refractivity contribution in [3.05, 3.63) is 97.6 Å². The molecule has 0 atom stereocenters. The van der Waals surface area contributed by atoms with Crippen LogP contribution in [0.25, 0.3) is 22.4 Å². The number of nitrogens with zero attached hydrogens (tertiary/aromatic N) is 5. The fourth-order valence-electron chi connectivity index (χ4n) is 3.02. The molecule has 0 radical (unpaired) electrons. The van der Waals surface area contributed by atoms with Crippen molar-refractivity contribution in [3.8, 4) is 47.8 Å². The Hall–Kier alpha value is -5.19. The lowest BCUT2D eigenvalue weighted by Crippen LogP contribution is -2.11. The van der Waals surface area contributed by atoms with E-state index in [1.54, 1.807) is 30.5 Å². The fraction of sp³-hybridized carbons (Fsp3) is 0.103. The molecule has 0 spiro atoms. The number of nitrogens with one attached hydrogen (secondary N) is 1. The molecule has 0 saturated heterocycles. The summed E-state index contributed by atoms with van der Waals surface area (Å²) in [5, 5.41) is 18.4. The van der Waals surface area contributed by atoms with Crippen molar-refractivity contribution < 1.29 is 13.9 Å². The molecular formula is C29H23IN6O4. The molecular weight excluding hydrogens is 623 g/mol. The third-order valence-corrected chi connectivity index (χ3v) is 5.64. The number of furan rings is 1. The van der Waals surface area contributed by atoms with Crippen LogP contribution in [0.1, 0.15) is 24.1 Å². The van der Waals surface area contributed by atoms with Crippen LogP contribution in [0.2, 0.25) is 0 Å². The van der Waals surface area contributed by atoms with Crippen LogP contribution in [0.15, 0.2) is 76.2 Å². The second-order valence-corrected chi connectivity index (χ2v) is 8.42. The zero-order valence-electron chi connectivity index (χ0n) is 20.7. The van der Waals surface area contributed by atoms with E-state index in [0.717, 1.165) is 10.9 Å². The van der Waals surface area contributed by atoms with Gasteiger partial charge in [-0.3, -0.25) is 9.78 Å². The predicted octanol–water partition coefficient (Wildman–Crippen LogP) is 5.33. The van der Waals surface area contributed by atoms with Gasteiger partial charge in [-0.2, -0.15) is 15.5 Å². The lowest BCUT2D eigenvalue weighted by Gasteiger charge is -1.98. The third-order valence-electron chi connectivity index (χ3n) is 4.88. The van der Waals surface area contributed by atoms with Crippen LogP contribution >= 0.6 is 22.6 Å². The molecule has 40 heavy (non-hydrogen) atoms. The van der Waals surface area contributed by atoms with Gasteiger partial charge in [0, 0.05) is 17.3 Å². The van der Waals surface area contributed by atoms with Crippen LogP contribution < -0.4 is 15.0 Å². The van der Waals surface area contributed by atoms with Gasteiger partial charge < -0.3 is 13.9 Å². The Kier molecular flexibility index (Phi) is 11.9. The Labute approximate surface area is 244 Å². The maximum absolute atomic E-state index is 10.8. The first kappa shape index (κ1) is 31.0. The number of ether oxygens (including phenoxy) is 2. The molecule has 5 rings (SSSR count). The van der Waals surface area contributed by atoms with Gasteiger partial charge in [0.15, 0.2) is 0 Å². The number of methoxy groups -OCH3 is 2. The number of rotatable bonds is 3. The van der Waals surface area contributed by atoms with E-state index in [1.165, 1.54) is 20.4 Å². The van der Waals surface area contributed by atoms with Gasteiger partial charge >= 0.3 is 6.01 Å². The maximum Gasteiger partial charge on any atom is 0.319 e. The molecule has 11 heteroatoms. The molecule has 0 aliphatic heterocycles. The smallest absolute Gasteiger partial charge is 0.319 e. The highest BCUT2D eigenvalue weighted by Crippen LogP contribution is 2.29. The number of aromatic nitrogens is 4. The first-order valence-corrected chi connectivity index (χ1v) is 12.1. The van der Waals surface area contributed by atoms with E-state index in [0.29, 0.717) is 31.7 Å². The van der Waals surface area contributed by atoms with Gasteiger partial charge in [0.05, 0.1) is 46.6 Å². The van der Waals surface area contributed by atoms with Crippen molar-refractivity contribution in [2.24, 2.45) is 0 Å². The number of nitriles is 2. The summed E-state index contributed by atoms with van der Waals surface area (Å²) in [6.07, 6.45) is 8.21. The van der Waals surface area contributed by atoms with E-state index in [9.17, 15) is 4.79 Å². The minimum atomic E-state index is -0.174. The quantitative estimate of drug-likeness (QED) is 0.203. The molecule has 2 aromatic carbocycles. The Morgan fingerprint density at radius 1 is 0.950 bits per heavy atom. The zero-order valence-corrected chi connectivity index (χ0v) is 22.8. The van der Waals surface area contributed by atoms with Gasteiger partial charge in [-0.25, -0.2) is 9.97 Å². The average Bonchev–Trinajstić information content (AvgIpc) is 3.42. The standard InChI is InChI=1S/C14H9N3O2.C9H5N.C5H5IN2O2.CH4/c1-18-14-16-8-10-6-12(19-13(10)17-14)11-5-3-2-4-9(11)7-15;1-2-8-5-3-4-6-9(8)7-10;1-10-5-7-2-3(6)4(9)8-5;/h2-6,8H,1H3;1,3-6H;2H,1H3,(H,7,8,9);1H4. The number of terminal acetylenes is 1. The summed E-state index contributed by atoms with van der Waals surface area (Å²) < 4.78 is 15.8. The van der Waals surface area contributed by atoms with Crippen molar-refractivity contribution in [2.75, 3.05) is 14.2 Å². The Morgan fingerprint density at radius 2 is 1.60 bits per heavy atom. The van der Waals surface area contributed by atoms with Crippen molar-refractivity contribution >= 4 is 33.7 Å². The third kappa shape index (κ3) is 7.90. The molecule has 200 valence electrons. The van der Waals surface area contributed by atoms with Gasteiger partial charge in [-0.05, 0) is 52.9 Å². The number of hydrogen-bond acceptors (Lipinski definition) is 9. The summed E-state index contributed by atoms with van der Waals surface area (Å²) in [4.78, 5) is 25.1. The predicted molar refractivity (Wildman–Crippen MR) is 158 cm³/mol. The Balaban J connectivity index is 0.000000228. The van der Waals surface area contributed by atoms with Gasteiger partial charge in [-0.15, -0.1) is 6.42 Å². The number of halogens is 1. The van der Waals surface area contributed by atoms with E-state index in [1.807, 2.05) is 59.0 Å². The fourth-order valence-corrected chi connectivity index (χ4v) is 3.29. The van der Waals surface area contributed by atoms with E-state index < -0.39 is 0 Å². The zero-order chi connectivity index (χ0) is 28.2. The number of fused-ring (bicyclic) bond motifs is 1. The van der Waals surface area contributed by atoms with Crippen molar-refractivity contribution in [1.29, 1.82) is 10.5 Å². The molecule has 0 aliphatic rings. The second-order valence-electron chi connectivity index (χ2n) is 7.26. The molecule has 0 bridgehead atoms.